The van der Waals surface area contributed by atoms with Gasteiger partial charge in [0.1, 0.15) is 11.6 Å². The van der Waals surface area contributed by atoms with Crippen LogP contribution in [0.5, 0.6) is 5.75 Å². The first-order valence-corrected chi connectivity index (χ1v) is 9.55. The number of carbonyl (C=O) groups excluding carboxylic acids is 1. The van der Waals surface area contributed by atoms with Crippen molar-refractivity contribution in [2.24, 2.45) is 0 Å². The van der Waals surface area contributed by atoms with Crippen LogP contribution >= 0.6 is 11.3 Å². The number of benzene rings is 2. The van der Waals surface area contributed by atoms with E-state index in [1.165, 1.54) is 23.7 Å². The molecule has 2 aromatic carbocycles. The molecule has 0 aliphatic carbocycles. The molecule has 1 aromatic heterocycles. The van der Waals surface area contributed by atoms with Crippen LogP contribution in [0.1, 0.15) is 21.6 Å². The maximum absolute atomic E-state index is 13.8. The summed E-state index contributed by atoms with van der Waals surface area (Å²) in [5.74, 6) is 0.177. The Bertz CT molecular complexity index is 1100. The van der Waals surface area contributed by atoms with E-state index in [0.29, 0.717) is 28.4 Å². The fourth-order valence-corrected chi connectivity index (χ4v) is 3.70. The summed E-state index contributed by atoms with van der Waals surface area (Å²) in [6.45, 7) is 1.98. The van der Waals surface area contributed by atoms with Gasteiger partial charge in [-0.1, -0.05) is 29.8 Å². The fraction of sp³-hybridized carbons (Fsp3) is 0.0909. The van der Waals surface area contributed by atoms with Gasteiger partial charge in [0.05, 0.1) is 6.26 Å². The predicted octanol–water partition coefficient (Wildman–Crippen LogP) is 5.11. The summed E-state index contributed by atoms with van der Waals surface area (Å²) in [6, 6.07) is 12.4. The maximum Gasteiger partial charge on any atom is 0.257 e. The lowest BCUT2D eigenvalue weighted by Crippen LogP contribution is -2.12. The van der Waals surface area contributed by atoms with Crippen molar-refractivity contribution in [3.63, 3.8) is 0 Å². The Kier molecular flexibility index (Phi) is 5.04. The Hall–Kier alpha value is -3.25. The van der Waals surface area contributed by atoms with Crippen LogP contribution < -0.4 is 10.1 Å². The molecule has 0 radical (unpaired) electrons. The Morgan fingerprint density at radius 3 is 2.96 bits per heavy atom. The molecule has 6 heteroatoms. The second-order valence-corrected chi connectivity index (χ2v) is 7.53. The lowest BCUT2D eigenvalue weighted by molar-refractivity contribution is -0.112. The Morgan fingerprint density at radius 2 is 2.11 bits per heavy atom. The second-order valence-electron chi connectivity index (χ2n) is 6.42. The summed E-state index contributed by atoms with van der Waals surface area (Å²) < 4.78 is 19.4. The lowest BCUT2D eigenvalue weighted by Gasteiger charge is -2.04. The number of fused-ring (bicyclic) bond motifs is 1. The van der Waals surface area contributed by atoms with Crippen LogP contribution in [-0.4, -0.2) is 10.9 Å². The van der Waals surface area contributed by atoms with E-state index in [1.807, 2.05) is 25.1 Å². The standard InChI is InChI=1S/C22H17FN2O2S/c1-14-6-7-20-17(10-14)11-16(8-9-27-20)21(26)25-22-24-13-18(28-22)12-15-4-2-3-5-19(15)23/h2-11,13H,12H2,1H3,(H,24,25,26). The third kappa shape index (κ3) is 4.02. The highest BCUT2D eigenvalue weighted by molar-refractivity contribution is 7.15. The van der Waals surface area contributed by atoms with Crippen molar-refractivity contribution in [1.82, 2.24) is 4.98 Å². The van der Waals surface area contributed by atoms with Gasteiger partial charge in [0, 0.05) is 28.6 Å². The molecule has 1 N–H and O–H groups in total. The van der Waals surface area contributed by atoms with Gasteiger partial charge in [0.15, 0.2) is 5.13 Å². The number of hydrogen-bond acceptors (Lipinski definition) is 4. The Balaban J connectivity index is 1.50. The van der Waals surface area contributed by atoms with E-state index in [2.05, 4.69) is 10.3 Å². The highest BCUT2D eigenvalue weighted by Crippen LogP contribution is 2.27. The molecule has 0 unspecified atom stereocenters. The van der Waals surface area contributed by atoms with Crippen molar-refractivity contribution in [3.05, 3.63) is 94.0 Å². The molecular formula is C22H17FN2O2S. The number of thiazole rings is 1. The number of aromatic nitrogens is 1. The van der Waals surface area contributed by atoms with Gasteiger partial charge in [-0.05, 0) is 42.8 Å². The number of nitrogens with zero attached hydrogens (tertiary/aromatic N) is 1. The third-order valence-corrected chi connectivity index (χ3v) is 5.19. The smallest absolute Gasteiger partial charge is 0.257 e. The normalized spacial score (nSPS) is 12.6. The van der Waals surface area contributed by atoms with E-state index < -0.39 is 0 Å². The molecule has 0 fully saturated rings. The third-order valence-electron chi connectivity index (χ3n) is 4.28. The fourth-order valence-electron chi connectivity index (χ4n) is 2.87. The number of aryl methyl sites for hydroxylation is 1. The summed E-state index contributed by atoms with van der Waals surface area (Å²) in [6.07, 6.45) is 7.00. The zero-order valence-corrected chi connectivity index (χ0v) is 15.9. The molecule has 0 saturated heterocycles. The number of nitrogens with one attached hydrogen (secondary N) is 1. The van der Waals surface area contributed by atoms with Gasteiger partial charge < -0.3 is 4.74 Å². The van der Waals surface area contributed by atoms with Gasteiger partial charge >= 0.3 is 0 Å². The van der Waals surface area contributed by atoms with Crippen molar-refractivity contribution in [2.75, 3.05) is 5.32 Å². The first-order valence-electron chi connectivity index (χ1n) is 8.73. The van der Waals surface area contributed by atoms with Crippen LogP contribution in [0.25, 0.3) is 6.08 Å². The van der Waals surface area contributed by atoms with E-state index >= 15 is 0 Å². The van der Waals surface area contributed by atoms with E-state index in [4.69, 9.17) is 4.74 Å². The van der Waals surface area contributed by atoms with Crippen LogP contribution in [0.2, 0.25) is 0 Å². The zero-order valence-electron chi connectivity index (χ0n) is 15.1. The van der Waals surface area contributed by atoms with Gasteiger partial charge in [0.2, 0.25) is 0 Å². The minimum atomic E-state index is -0.277. The molecule has 0 saturated carbocycles. The number of amides is 1. The molecule has 2 heterocycles. The first-order chi connectivity index (χ1) is 13.6. The molecule has 1 aliphatic rings. The largest absolute Gasteiger partial charge is 0.464 e. The number of carbonyl (C=O) groups is 1. The zero-order chi connectivity index (χ0) is 19.5. The number of anilines is 1. The quantitative estimate of drug-likeness (QED) is 0.671. The SMILES string of the molecule is Cc1ccc2c(c1)C=C(C(=O)Nc1ncc(Cc3ccccc3F)s1)C=CO2. The monoisotopic (exact) mass is 392 g/mol. The average Bonchev–Trinajstić information content (AvgIpc) is 2.99. The van der Waals surface area contributed by atoms with Crippen LogP contribution in [0.3, 0.4) is 0 Å². The molecule has 1 amide bonds. The van der Waals surface area contributed by atoms with Crippen molar-refractivity contribution < 1.29 is 13.9 Å². The van der Waals surface area contributed by atoms with E-state index in [9.17, 15) is 9.18 Å². The summed E-state index contributed by atoms with van der Waals surface area (Å²) in [5, 5.41) is 3.28. The van der Waals surface area contributed by atoms with Crippen LogP contribution in [-0.2, 0) is 11.2 Å². The number of ether oxygens (including phenoxy) is 1. The van der Waals surface area contributed by atoms with E-state index in [-0.39, 0.29) is 11.7 Å². The number of halogens is 1. The van der Waals surface area contributed by atoms with E-state index in [0.717, 1.165) is 16.0 Å². The molecule has 0 atom stereocenters. The summed E-state index contributed by atoms with van der Waals surface area (Å²) >= 11 is 1.33. The molecule has 1 aliphatic heterocycles. The summed E-state index contributed by atoms with van der Waals surface area (Å²) in [4.78, 5) is 17.8. The van der Waals surface area contributed by atoms with Crippen LogP contribution in [0.4, 0.5) is 9.52 Å². The minimum Gasteiger partial charge on any atom is -0.464 e. The number of hydrogen-bond donors (Lipinski definition) is 1. The highest BCUT2D eigenvalue weighted by atomic mass is 32.1. The molecule has 3 aromatic rings. The minimum absolute atomic E-state index is 0.246. The molecule has 0 bridgehead atoms. The topological polar surface area (TPSA) is 51.2 Å². The average molecular weight is 392 g/mol. The van der Waals surface area contributed by atoms with Gasteiger partial charge in [-0.3, -0.25) is 10.1 Å². The molecule has 140 valence electrons. The predicted molar refractivity (Wildman–Crippen MR) is 109 cm³/mol. The van der Waals surface area contributed by atoms with Gasteiger partial charge in [-0.2, -0.15) is 0 Å². The lowest BCUT2D eigenvalue weighted by atomic mass is 10.1. The Labute approximate surface area is 166 Å². The first kappa shape index (κ1) is 18.1. The summed E-state index contributed by atoms with van der Waals surface area (Å²) in [5.41, 5.74) is 2.99. The van der Waals surface area contributed by atoms with Crippen molar-refractivity contribution >= 4 is 28.5 Å². The Morgan fingerprint density at radius 1 is 1.25 bits per heavy atom. The molecule has 4 rings (SSSR count). The van der Waals surface area contributed by atoms with Crippen molar-refractivity contribution in [3.8, 4) is 5.75 Å². The molecule has 0 spiro atoms. The number of rotatable bonds is 4. The van der Waals surface area contributed by atoms with Crippen molar-refractivity contribution in [2.45, 2.75) is 13.3 Å². The van der Waals surface area contributed by atoms with E-state index in [1.54, 1.807) is 36.5 Å². The second kappa shape index (κ2) is 7.78. The van der Waals surface area contributed by atoms with Gasteiger partial charge in [0.25, 0.3) is 5.91 Å². The highest BCUT2D eigenvalue weighted by Gasteiger charge is 2.14. The molecular weight excluding hydrogens is 375 g/mol. The van der Waals surface area contributed by atoms with Crippen LogP contribution in [0.15, 0.2) is 66.6 Å². The van der Waals surface area contributed by atoms with Gasteiger partial charge in [-0.15, -0.1) is 11.3 Å². The maximum atomic E-state index is 13.8. The van der Waals surface area contributed by atoms with Crippen molar-refractivity contribution in [1.29, 1.82) is 0 Å². The van der Waals surface area contributed by atoms with Crippen LogP contribution in [0, 0.1) is 12.7 Å². The van der Waals surface area contributed by atoms with Gasteiger partial charge in [-0.25, -0.2) is 9.37 Å². The molecule has 28 heavy (non-hydrogen) atoms. The summed E-state index contributed by atoms with van der Waals surface area (Å²) in [7, 11) is 0. The molecule has 4 nitrogen and oxygen atoms in total.